The zero-order valence-corrected chi connectivity index (χ0v) is 12.1. The van der Waals surface area contributed by atoms with E-state index in [-0.39, 0.29) is 12.3 Å². The molecule has 1 rings (SSSR count). The van der Waals surface area contributed by atoms with Crippen LogP contribution < -0.4 is 10.6 Å². The summed E-state index contributed by atoms with van der Waals surface area (Å²) in [5, 5.41) is 25.5. The number of aliphatic hydroxyl groups excluding tert-OH is 1. The van der Waals surface area contributed by atoms with Crippen LogP contribution in [0, 0.1) is 10.1 Å². The van der Waals surface area contributed by atoms with Crippen LogP contribution >= 0.6 is 0 Å². The molecule has 1 aromatic rings. The maximum absolute atomic E-state index is 11.4. The first-order valence-corrected chi connectivity index (χ1v) is 6.31. The third-order valence-electron chi connectivity index (χ3n) is 2.24. The third-order valence-corrected chi connectivity index (χ3v) is 2.24. The van der Waals surface area contributed by atoms with E-state index >= 15 is 0 Å². The van der Waals surface area contributed by atoms with Crippen LogP contribution in [0.2, 0.25) is 0 Å². The molecule has 1 unspecified atom stereocenters. The second kappa shape index (κ2) is 6.89. The molecule has 0 spiro atoms. The van der Waals surface area contributed by atoms with E-state index in [1.54, 1.807) is 26.8 Å². The summed E-state index contributed by atoms with van der Waals surface area (Å²) in [5.74, 6) is 0. The fourth-order valence-corrected chi connectivity index (χ4v) is 1.44. The van der Waals surface area contributed by atoms with E-state index < -0.39 is 22.8 Å². The number of nitro groups is 1. The molecule has 3 N–H and O–H groups in total. The summed E-state index contributed by atoms with van der Waals surface area (Å²) in [5.41, 5.74) is -0.176. The van der Waals surface area contributed by atoms with Crippen molar-refractivity contribution in [3.05, 3.63) is 34.4 Å². The molecule has 0 aromatic heterocycles. The van der Waals surface area contributed by atoms with Crippen LogP contribution in [-0.2, 0) is 4.74 Å². The van der Waals surface area contributed by atoms with E-state index in [4.69, 9.17) is 4.74 Å². The van der Waals surface area contributed by atoms with Crippen molar-refractivity contribution in [3.8, 4) is 0 Å². The molecule has 0 fully saturated rings. The number of alkyl carbamates (subject to hydrolysis) is 1. The number of hydrogen-bond donors (Lipinski definition) is 3. The molecule has 116 valence electrons. The predicted molar refractivity (Wildman–Crippen MR) is 77.0 cm³/mol. The number of rotatable bonds is 5. The van der Waals surface area contributed by atoms with Gasteiger partial charge in [-0.15, -0.1) is 0 Å². The van der Waals surface area contributed by atoms with E-state index in [1.165, 1.54) is 18.2 Å². The molecule has 0 aliphatic rings. The Morgan fingerprint density at radius 2 is 2.14 bits per heavy atom. The van der Waals surface area contributed by atoms with Gasteiger partial charge >= 0.3 is 6.09 Å². The van der Waals surface area contributed by atoms with Crippen molar-refractivity contribution in [1.29, 1.82) is 0 Å². The molecular formula is C13H19N3O5. The summed E-state index contributed by atoms with van der Waals surface area (Å²) in [4.78, 5) is 21.5. The number of ether oxygens (including phenoxy) is 1. The first-order valence-electron chi connectivity index (χ1n) is 6.31. The van der Waals surface area contributed by atoms with Crippen LogP contribution in [-0.4, -0.2) is 34.5 Å². The summed E-state index contributed by atoms with van der Waals surface area (Å²) >= 11 is 0. The van der Waals surface area contributed by atoms with Gasteiger partial charge in [0.05, 0.1) is 4.92 Å². The SMILES string of the molecule is CC(C)(C)NC(=O)OCC(O)Nc1cccc([N+](=O)[O-])c1. The molecule has 0 radical (unpaired) electrons. The van der Waals surface area contributed by atoms with Crippen LogP contribution in [0.3, 0.4) is 0 Å². The molecule has 0 aliphatic carbocycles. The number of non-ortho nitro benzene ring substituents is 1. The maximum atomic E-state index is 11.4. The van der Waals surface area contributed by atoms with Crippen LogP contribution in [0.1, 0.15) is 20.8 Å². The first kappa shape index (κ1) is 16.7. The van der Waals surface area contributed by atoms with E-state index in [9.17, 15) is 20.0 Å². The van der Waals surface area contributed by atoms with Crippen molar-refractivity contribution in [3.63, 3.8) is 0 Å². The summed E-state index contributed by atoms with van der Waals surface area (Å²) in [7, 11) is 0. The normalized spacial score (nSPS) is 12.4. The Balaban J connectivity index is 2.47. The van der Waals surface area contributed by atoms with Gasteiger partial charge in [-0.25, -0.2) is 4.79 Å². The molecule has 8 nitrogen and oxygen atoms in total. The zero-order chi connectivity index (χ0) is 16.0. The molecule has 1 aromatic carbocycles. The number of anilines is 1. The Hall–Kier alpha value is -2.35. The number of nitro benzene ring substituents is 1. The van der Waals surface area contributed by atoms with Crippen molar-refractivity contribution in [2.24, 2.45) is 0 Å². The van der Waals surface area contributed by atoms with Crippen LogP contribution in [0.15, 0.2) is 24.3 Å². The fourth-order valence-electron chi connectivity index (χ4n) is 1.44. The van der Waals surface area contributed by atoms with Gasteiger partial charge in [-0.05, 0) is 26.8 Å². The Bertz CT molecular complexity index is 513. The lowest BCUT2D eigenvalue weighted by Gasteiger charge is -2.21. The highest BCUT2D eigenvalue weighted by atomic mass is 16.6. The largest absolute Gasteiger partial charge is 0.445 e. The summed E-state index contributed by atoms with van der Waals surface area (Å²) in [6.45, 7) is 5.11. The molecular weight excluding hydrogens is 278 g/mol. The molecule has 0 heterocycles. The number of hydrogen-bond acceptors (Lipinski definition) is 6. The van der Waals surface area contributed by atoms with Gasteiger partial charge < -0.3 is 20.5 Å². The van der Waals surface area contributed by atoms with Crippen molar-refractivity contribution in [1.82, 2.24) is 5.32 Å². The Morgan fingerprint density at radius 1 is 1.48 bits per heavy atom. The minimum Gasteiger partial charge on any atom is -0.445 e. The van der Waals surface area contributed by atoms with Crippen molar-refractivity contribution < 1.29 is 19.6 Å². The Morgan fingerprint density at radius 3 is 2.71 bits per heavy atom. The highest BCUT2D eigenvalue weighted by Crippen LogP contribution is 2.17. The standard InChI is InChI=1S/C13H19N3O5/c1-13(2,3)15-12(18)21-8-11(17)14-9-5-4-6-10(7-9)16(19)20/h4-7,11,14,17H,8H2,1-3H3,(H,15,18). The minimum absolute atomic E-state index is 0.0985. The van der Waals surface area contributed by atoms with Gasteiger partial charge in [0.1, 0.15) is 6.61 Å². The second-order valence-corrected chi connectivity index (χ2v) is 5.44. The highest BCUT2D eigenvalue weighted by Gasteiger charge is 2.16. The molecule has 21 heavy (non-hydrogen) atoms. The number of carbonyl (C=O) groups excluding carboxylic acids is 1. The predicted octanol–water partition coefficient (Wildman–Crippen LogP) is 1.85. The molecule has 8 heteroatoms. The number of carbonyl (C=O) groups is 1. The lowest BCUT2D eigenvalue weighted by Crippen LogP contribution is -2.42. The molecule has 1 atom stereocenters. The molecule has 1 amide bonds. The quantitative estimate of drug-likeness (QED) is 0.434. The van der Waals surface area contributed by atoms with E-state index in [1.807, 2.05) is 0 Å². The summed E-state index contributed by atoms with van der Waals surface area (Å²) in [6, 6.07) is 5.66. The van der Waals surface area contributed by atoms with E-state index in [2.05, 4.69) is 10.6 Å². The number of nitrogens with zero attached hydrogens (tertiary/aromatic N) is 1. The average molecular weight is 297 g/mol. The van der Waals surface area contributed by atoms with Gasteiger partial charge in [0, 0.05) is 23.4 Å². The topological polar surface area (TPSA) is 114 Å². The Kier molecular flexibility index (Phi) is 5.48. The summed E-state index contributed by atoms with van der Waals surface area (Å²) < 4.78 is 4.83. The lowest BCUT2D eigenvalue weighted by atomic mass is 10.1. The highest BCUT2D eigenvalue weighted by molar-refractivity contribution is 5.68. The van der Waals surface area contributed by atoms with Crippen LogP contribution in [0.25, 0.3) is 0 Å². The minimum atomic E-state index is -1.17. The van der Waals surface area contributed by atoms with Crippen molar-refractivity contribution in [2.45, 2.75) is 32.5 Å². The fraction of sp³-hybridized carbons (Fsp3) is 0.462. The van der Waals surface area contributed by atoms with Gasteiger partial charge in [0.25, 0.3) is 5.69 Å². The van der Waals surface area contributed by atoms with Crippen molar-refractivity contribution in [2.75, 3.05) is 11.9 Å². The molecule has 0 saturated heterocycles. The Labute approximate surface area is 122 Å². The average Bonchev–Trinajstić information content (AvgIpc) is 2.34. The molecule has 0 bridgehead atoms. The van der Waals surface area contributed by atoms with Crippen LogP contribution in [0.4, 0.5) is 16.2 Å². The van der Waals surface area contributed by atoms with Crippen molar-refractivity contribution >= 4 is 17.5 Å². The lowest BCUT2D eigenvalue weighted by molar-refractivity contribution is -0.384. The monoisotopic (exact) mass is 297 g/mol. The van der Waals surface area contributed by atoms with Gasteiger partial charge in [-0.1, -0.05) is 6.07 Å². The van der Waals surface area contributed by atoms with Gasteiger partial charge in [-0.2, -0.15) is 0 Å². The number of aliphatic hydroxyl groups is 1. The first-order chi connectivity index (χ1) is 9.67. The van der Waals surface area contributed by atoms with Gasteiger partial charge in [-0.3, -0.25) is 10.1 Å². The second-order valence-electron chi connectivity index (χ2n) is 5.44. The smallest absolute Gasteiger partial charge is 0.407 e. The number of benzene rings is 1. The van der Waals surface area contributed by atoms with Gasteiger partial charge in [0.2, 0.25) is 0 Å². The molecule has 0 saturated carbocycles. The van der Waals surface area contributed by atoms with E-state index in [0.717, 1.165) is 0 Å². The van der Waals surface area contributed by atoms with Gasteiger partial charge in [0.15, 0.2) is 6.23 Å². The van der Waals surface area contributed by atoms with E-state index in [0.29, 0.717) is 5.69 Å². The molecule has 0 aliphatic heterocycles. The number of nitrogens with one attached hydrogen (secondary N) is 2. The summed E-state index contributed by atoms with van der Waals surface area (Å²) in [6.07, 6.45) is -1.82. The van der Waals surface area contributed by atoms with Crippen LogP contribution in [0.5, 0.6) is 0 Å². The maximum Gasteiger partial charge on any atom is 0.407 e. The third kappa shape index (κ3) is 6.57. The number of amides is 1. The zero-order valence-electron chi connectivity index (χ0n) is 12.1.